The monoisotopic (exact) mass is 260 g/mol. The highest BCUT2D eigenvalue weighted by atomic mass is 32.2. The van der Waals surface area contributed by atoms with Gasteiger partial charge in [0.15, 0.2) is 0 Å². The molecule has 0 aliphatic carbocycles. The third kappa shape index (κ3) is 8.06. The number of hydrogen-bond donors (Lipinski definition) is 0. The van der Waals surface area contributed by atoms with Gasteiger partial charge in [0.25, 0.3) is 0 Å². The lowest BCUT2D eigenvalue weighted by molar-refractivity contribution is 0.0344. The summed E-state index contributed by atoms with van der Waals surface area (Å²) >= 11 is 1.93. The van der Waals surface area contributed by atoms with E-state index in [4.69, 9.17) is 9.47 Å². The standard InChI is InChI=1S/C14H28O2S/c1-11(2)5-6-13(9-12(3)17-4)15-8-7-14-10-16-14/h11-14H,5-10H2,1-4H3. The van der Waals surface area contributed by atoms with Crippen LogP contribution in [0.2, 0.25) is 0 Å². The van der Waals surface area contributed by atoms with Gasteiger partial charge in [-0.3, -0.25) is 0 Å². The summed E-state index contributed by atoms with van der Waals surface area (Å²) in [5.41, 5.74) is 0. The smallest absolute Gasteiger partial charge is 0.0831 e. The quantitative estimate of drug-likeness (QED) is 0.559. The minimum absolute atomic E-state index is 0.443. The van der Waals surface area contributed by atoms with Crippen LogP contribution in [0.25, 0.3) is 0 Å². The van der Waals surface area contributed by atoms with Gasteiger partial charge in [-0.1, -0.05) is 20.8 Å². The predicted octanol–water partition coefficient (Wildman–Crippen LogP) is 3.74. The Kier molecular flexibility index (Phi) is 7.56. The third-order valence-electron chi connectivity index (χ3n) is 3.26. The van der Waals surface area contributed by atoms with Crippen molar-refractivity contribution in [3.05, 3.63) is 0 Å². The Hall–Kier alpha value is 0.270. The Balaban J connectivity index is 2.17. The Morgan fingerprint density at radius 1 is 1.29 bits per heavy atom. The van der Waals surface area contributed by atoms with Crippen LogP contribution in [0.1, 0.15) is 46.5 Å². The molecule has 1 aliphatic heterocycles. The van der Waals surface area contributed by atoms with Crippen LogP contribution >= 0.6 is 11.8 Å². The second kappa shape index (κ2) is 8.39. The maximum atomic E-state index is 6.02. The fourth-order valence-corrected chi connectivity index (χ4v) is 2.26. The summed E-state index contributed by atoms with van der Waals surface area (Å²) in [7, 11) is 0. The number of rotatable bonds is 10. The number of epoxide rings is 1. The van der Waals surface area contributed by atoms with Gasteiger partial charge < -0.3 is 9.47 Å². The average Bonchev–Trinajstić information content (AvgIpc) is 3.09. The van der Waals surface area contributed by atoms with E-state index < -0.39 is 0 Å². The number of hydrogen-bond acceptors (Lipinski definition) is 3. The lowest BCUT2D eigenvalue weighted by Gasteiger charge is -2.21. The van der Waals surface area contributed by atoms with E-state index in [1.165, 1.54) is 19.3 Å². The fraction of sp³-hybridized carbons (Fsp3) is 1.00. The molecule has 3 heteroatoms. The molecule has 0 saturated carbocycles. The SMILES string of the molecule is CSC(C)CC(CCC(C)C)OCCC1CO1. The predicted molar refractivity (Wildman–Crippen MR) is 75.8 cm³/mol. The number of thioether (sulfide) groups is 1. The third-order valence-corrected chi connectivity index (χ3v) is 4.26. The van der Waals surface area contributed by atoms with Crippen LogP contribution in [0.4, 0.5) is 0 Å². The van der Waals surface area contributed by atoms with Crippen LogP contribution in [0, 0.1) is 5.92 Å². The molecule has 2 nitrogen and oxygen atoms in total. The summed E-state index contributed by atoms with van der Waals surface area (Å²) in [6.07, 6.45) is 7.85. The second-order valence-corrected chi connectivity index (χ2v) is 6.77. The van der Waals surface area contributed by atoms with Gasteiger partial charge in [0.2, 0.25) is 0 Å². The van der Waals surface area contributed by atoms with Crippen molar-refractivity contribution in [2.75, 3.05) is 19.5 Å². The van der Waals surface area contributed by atoms with Crippen molar-refractivity contribution in [1.82, 2.24) is 0 Å². The van der Waals surface area contributed by atoms with Gasteiger partial charge in [-0.25, -0.2) is 0 Å². The largest absolute Gasteiger partial charge is 0.378 e. The van der Waals surface area contributed by atoms with Crippen molar-refractivity contribution in [3.8, 4) is 0 Å². The summed E-state index contributed by atoms with van der Waals surface area (Å²) in [6, 6.07) is 0. The molecule has 102 valence electrons. The molecule has 1 aliphatic rings. The van der Waals surface area contributed by atoms with E-state index in [2.05, 4.69) is 27.0 Å². The van der Waals surface area contributed by atoms with E-state index >= 15 is 0 Å². The Morgan fingerprint density at radius 3 is 2.53 bits per heavy atom. The highest BCUT2D eigenvalue weighted by molar-refractivity contribution is 7.99. The van der Waals surface area contributed by atoms with Crippen molar-refractivity contribution < 1.29 is 9.47 Å². The molecular weight excluding hydrogens is 232 g/mol. The first kappa shape index (κ1) is 15.3. The van der Waals surface area contributed by atoms with Crippen LogP contribution in [-0.4, -0.2) is 36.9 Å². The molecule has 0 aromatic carbocycles. The molecule has 0 amide bonds. The van der Waals surface area contributed by atoms with Crippen LogP contribution in [0.15, 0.2) is 0 Å². The van der Waals surface area contributed by atoms with E-state index in [1.54, 1.807) is 0 Å². The summed E-state index contributed by atoms with van der Waals surface area (Å²) in [6.45, 7) is 8.68. The zero-order valence-corrected chi connectivity index (χ0v) is 12.6. The highest BCUT2D eigenvalue weighted by Crippen LogP contribution is 2.21. The van der Waals surface area contributed by atoms with Gasteiger partial charge in [-0.05, 0) is 37.9 Å². The summed E-state index contributed by atoms with van der Waals surface area (Å²) in [5, 5.41) is 0.698. The Bertz CT molecular complexity index is 193. The van der Waals surface area contributed by atoms with E-state index in [-0.39, 0.29) is 0 Å². The molecule has 0 aromatic heterocycles. The average molecular weight is 260 g/mol. The molecule has 1 rings (SSSR count). The molecule has 1 fully saturated rings. The molecule has 1 saturated heterocycles. The van der Waals surface area contributed by atoms with Crippen LogP contribution < -0.4 is 0 Å². The van der Waals surface area contributed by atoms with E-state index in [1.807, 2.05) is 11.8 Å². The molecule has 0 aromatic rings. The molecule has 3 unspecified atom stereocenters. The molecular formula is C14H28O2S. The van der Waals surface area contributed by atoms with Crippen LogP contribution in [0.5, 0.6) is 0 Å². The zero-order valence-electron chi connectivity index (χ0n) is 11.8. The topological polar surface area (TPSA) is 21.8 Å². The number of ether oxygens (including phenoxy) is 2. The van der Waals surface area contributed by atoms with Gasteiger partial charge in [-0.15, -0.1) is 0 Å². The molecule has 0 bridgehead atoms. The maximum absolute atomic E-state index is 6.02. The Morgan fingerprint density at radius 2 is 2.00 bits per heavy atom. The molecule has 0 radical (unpaired) electrons. The van der Waals surface area contributed by atoms with Crippen molar-refractivity contribution in [1.29, 1.82) is 0 Å². The fourth-order valence-electron chi connectivity index (χ4n) is 1.86. The molecule has 17 heavy (non-hydrogen) atoms. The van der Waals surface area contributed by atoms with Crippen molar-refractivity contribution in [2.24, 2.45) is 5.92 Å². The van der Waals surface area contributed by atoms with Crippen LogP contribution in [0.3, 0.4) is 0 Å². The lowest BCUT2D eigenvalue weighted by atomic mass is 10.0. The van der Waals surface area contributed by atoms with Gasteiger partial charge in [-0.2, -0.15) is 11.8 Å². The normalized spacial score (nSPS) is 22.8. The minimum atomic E-state index is 0.443. The zero-order chi connectivity index (χ0) is 12.7. The van der Waals surface area contributed by atoms with Crippen molar-refractivity contribution >= 4 is 11.8 Å². The van der Waals surface area contributed by atoms with Crippen molar-refractivity contribution in [3.63, 3.8) is 0 Å². The van der Waals surface area contributed by atoms with E-state index in [0.717, 1.165) is 25.6 Å². The van der Waals surface area contributed by atoms with Gasteiger partial charge in [0.1, 0.15) is 0 Å². The van der Waals surface area contributed by atoms with Crippen molar-refractivity contribution in [2.45, 2.75) is 63.9 Å². The second-order valence-electron chi connectivity index (χ2n) is 5.49. The molecule has 0 N–H and O–H groups in total. The first-order chi connectivity index (χ1) is 8.11. The molecule has 3 atom stereocenters. The van der Waals surface area contributed by atoms with Gasteiger partial charge in [0.05, 0.1) is 18.8 Å². The van der Waals surface area contributed by atoms with Crippen LogP contribution in [-0.2, 0) is 9.47 Å². The molecule has 0 spiro atoms. The van der Waals surface area contributed by atoms with Gasteiger partial charge in [0, 0.05) is 11.9 Å². The first-order valence-electron chi connectivity index (χ1n) is 6.87. The summed E-state index contributed by atoms with van der Waals surface area (Å²) in [5.74, 6) is 0.775. The maximum Gasteiger partial charge on any atom is 0.0831 e. The van der Waals surface area contributed by atoms with E-state index in [0.29, 0.717) is 17.5 Å². The lowest BCUT2D eigenvalue weighted by Crippen LogP contribution is -2.19. The minimum Gasteiger partial charge on any atom is -0.378 e. The Labute approximate surface area is 111 Å². The first-order valence-corrected chi connectivity index (χ1v) is 8.16. The van der Waals surface area contributed by atoms with Gasteiger partial charge >= 0.3 is 0 Å². The highest BCUT2D eigenvalue weighted by Gasteiger charge is 2.22. The van der Waals surface area contributed by atoms with E-state index in [9.17, 15) is 0 Å². The molecule has 1 heterocycles. The summed E-state index contributed by atoms with van der Waals surface area (Å²) < 4.78 is 11.2. The summed E-state index contributed by atoms with van der Waals surface area (Å²) in [4.78, 5) is 0.